The second-order valence-corrected chi connectivity index (χ2v) is 5.49. The van der Waals surface area contributed by atoms with E-state index in [4.69, 9.17) is 0 Å². The predicted molar refractivity (Wildman–Crippen MR) is 82.2 cm³/mol. The summed E-state index contributed by atoms with van der Waals surface area (Å²) in [6.45, 7) is 0. The number of halogens is 1. The second-order valence-electron chi connectivity index (χ2n) is 4.57. The SMILES string of the molecule is O=C1Nc2cc(Br)ccc2C1Nc1ccccc1[N+](=O)[O-]. The van der Waals surface area contributed by atoms with Crippen LogP contribution in [0.3, 0.4) is 0 Å². The molecule has 0 radical (unpaired) electrons. The van der Waals surface area contributed by atoms with E-state index in [9.17, 15) is 14.9 Å². The van der Waals surface area contributed by atoms with Gasteiger partial charge in [-0.2, -0.15) is 0 Å². The average Bonchev–Trinajstić information content (AvgIpc) is 2.74. The summed E-state index contributed by atoms with van der Waals surface area (Å²) in [7, 11) is 0. The van der Waals surface area contributed by atoms with Gasteiger partial charge < -0.3 is 10.6 Å². The Balaban J connectivity index is 1.97. The molecular weight excluding hydrogens is 338 g/mol. The van der Waals surface area contributed by atoms with Crippen LogP contribution in [0.5, 0.6) is 0 Å². The minimum Gasteiger partial charge on any atom is -0.364 e. The van der Waals surface area contributed by atoms with Gasteiger partial charge in [0.25, 0.3) is 11.6 Å². The molecule has 1 heterocycles. The Kier molecular flexibility index (Phi) is 3.34. The molecular formula is C14H10BrN3O3. The summed E-state index contributed by atoms with van der Waals surface area (Å²) in [4.78, 5) is 22.6. The van der Waals surface area contributed by atoms with E-state index in [1.54, 1.807) is 24.3 Å². The Bertz CT molecular complexity index is 748. The maximum absolute atomic E-state index is 12.1. The van der Waals surface area contributed by atoms with E-state index < -0.39 is 11.0 Å². The highest BCUT2D eigenvalue weighted by Crippen LogP contribution is 2.36. The third-order valence-corrected chi connectivity index (χ3v) is 3.74. The van der Waals surface area contributed by atoms with Crippen molar-refractivity contribution in [1.29, 1.82) is 0 Å². The molecule has 0 aliphatic carbocycles. The van der Waals surface area contributed by atoms with Crippen LogP contribution in [0.2, 0.25) is 0 Å². The van der Waals surface area contributed by atoms with Crippen molar-refractivity contribution in [2.24, 2.45) is 0 Å². The molecule has 2 N–H and O–H groups in total. The molecule has 21 heavy (non-hydrogen) atoms. The van der Waals surface area contributed by atoms with Gasteiger partial charge in [0.2, 0.25) is 0 Å². The summed E-state index contributed by atoms with van der Waals surface area (Å²) in [5, 5.41) is 16.7. The Morgan fingerprint density at radius 1 is 1.24 bits per heavy atom. The van der Waals surface area contributed by atoms with Crippen LogP contribution in [0.25, 0.3) is 0 Å². The molecule has 1 atom stereocenters. The van der Waals surface area contributed by atoms with Crippen molar-refractivity contribution in [3.8, 4) is 0 Å². The van der Waals surface area contributed by atoms with Crippen LogP contribution in [0.15, 0.2) is 46.9 Å². The highest BCUT2D eigenvalue weighted by Gasteiger charge is 2.31. The lowest BCUT2D eigenvalue weighted by atomic mass is 10.1. The van der Waals surface area contributed by atoms with E-state index in [0.29, 0.717) is 11.4 Å². The van der Waals surface area contributed by atoms with E-state index in [1.165, 1.54) is 6.07 Å². The molecule has 0 bridgehead atoms. The van der Waals surface area contributed by atoms with Gasteiger partial charge in [-0.15, -0.1) is 0 Å². The van der Waals surface area contributed by atoms with Gasteiger partial charge in [0.15, 0.2) is 0 Å². The third-order valence-electron chi connectivity index (χ3n) is 3.25. The molecule has 2 aromatic rings. The van der Waals surface area contributed by atoms with Gasteiger partial charge in [0.05, 0.1) is 4.92 Å². The summed E-state index contributed by atoms with van der Waals surface area (Å²) in [6.07, 6.45) is 0. The number of carbonyl (C=O) groups is 1. The van der Waals surface area contributed by atoms with Crippen LogP contribution < -0.4 is 10.6 Å². The molecule has 0 aromatic heterocycles. The maximum atomic E-state index is 12.1. The van der Waals surface area contributed by atoms with Crippen LogP contribution in [0, 0.1) is 10.1 Å². The normalized spacial score (nSPS) is 16.2. The third kappa shape index (κ3) is 2.47. The standard InChI is InChI=1S/C14H10BrN3O3/c15-8-5-6-9-11(7-8)17-14(19)13(9)16-10-3-1-2-4-12(10)18(20)21/h1-7,13,16H,(H,17,19). The average molecular weight is 348 g/mol. The molecule has 3 rings (SSSR count). The Morgan fingerprint density at radius 3 is 2.76 bits per heavy atom. The molecule has 0 fully saturated rings. The second kappa shape index (κ2) is 5.17. The van der Waals surface area contributed by atoms with Gasteiger partial charge in [-0.05, 0) is 18.2 Å². The zero-order chi connectivity index (χ0) is 15.0. The zero-order valence-corrected chi connectivity index (χ0v) is 12.3. The fourth-order valence-corrected chi connectivity index (χ4v) is 2.65. The van der Waals surface area contributed by atoms with Crippen molar-refractivity contribution in [3.63, 3.8) is 0 Å². The van der Waals surface area contributed by atoms with Crippen molar-refractivity contribution in [2.75, 3.05) is 10.6 Å². The number of amides is 1. The highest BCUT2D eigenvalue weighted by atomic mass is 79.9. The summed E-state index contributed by atoms with van der Waals surface area (Å²) in [5.74, 6) is -0.235. The van der Waals surface area contributed by atoms with E-state index in [-0.39, 0.29) is 11.6 Å². The first-order valence-corrected chi connectivity index (χ1v) is 6.96. The maximum Gasteiger partial charge on any atom is 0.292 e. The van der Waals surface area contributed by atoms with E-state index >= 15 is 0 Å². The Morgan fingerprint density at radius 2 is 2.00 bits per heavy atom. The predicted octanol–water partition coefficient (Wildman–Crippen LogP) is 3.46. The number of hydrogen-bond acceptors (Lipinski definition) is 4. The number of hydrogen-bond donors (Lipinski definition) is 2. The first-order valence-electron chi connectivity index (χ1n) is 6.16. The van der Waals surface area contributed by atoms with E-state index in [2.05, 4.69) is 26.6 Å². The van der Waals surface area contributed by atoms with Crippen LogP contribution in [0.4, 0.5) is 17.1 Å². The molecule has 1 amide bonds. The van der Waals surface area contributed by atoms with Crippen molar-refractivity contribution in [2.45, 2.75) is 6.04 Å². The van der Waals surface area contributed by atoms with Gasteiger partial charge in [0, 0.05) is 21.8 Å². The number of rotatable bonds is 3. The van der Waals surface area contributed by atoms with Crippen molar-refractivity contribution in [1.82, 2.24) is 0 Å². The van der Waals surface area contributed by atoms with Crippen LogP contribution in [0.1, 0.15) is 11.6 Å². The molecule has 0 saturated heterocycles. The molecule has 7 heteroatoms. The van der Waals surface area contributed by atoms with E-state index in [1.807, 2.05) is 12.1 Å². The lowest BCUT2D eigenvalue weighted by molar-refractivity contribution is -0.384. The van der Waals surface area contributed by atoms with Gasteiger partial charge in [0.1, 0.15) is 11.7 Å². The lowest BCUT2D eigenvalue weighted by Crippen LogP contribution is -2.20. The van der Waals surface area contributed by atoms with Gasteiger partial charge in [-0.25, -0.2) is 0 Å². The number of nitrogens with one attached hydrogen (secondary N) is 2. The summed E-state index contributed by atoms with van der Waals surface area (Å²) < 4.78 is 0.855. The number of anilines is 2. The molecule has 6 nitrogen and oxygen atoms in total. The number of benzene rings is 2. The lowest BCUT2D eigenvalue weighted by Gasteiger charge is -2.13. The summed E-state index contributed by atoms with van der Waals surface area (Å²) in [6, 6.07) is 11.0. The van der Waals surface area contributed by atoms with E-state index in [0.717, 1.165) is 10.0 Å². The van der Waals surface area contributed by atoms with Crippen molar-refractivity contribution in [3.05, 3.63) is 62.6 Å². The van der Waals surface area contributed by atoms with Gasteiger partial charge in [-0.1, -0.05) is 34.1 Å². The summed E-state index contributed by atoms with van der Waals surface area (Å²) >= 11 is 3.34. The molecule has 0 saturated carbocycles. The highest BCUT2D eigenvalue weighted by molar-refractivity contribution is 9.10. The summed E-state index contributed by atoms with van der Waals surface area (Å²) in [5.41, 5.74) is 1.72. The quantitative estimate of drug-likeness (QED) is 0.657. The Labute approximate surface area is 128 Å². The van der Waals surface area contributed by atoms with Gasteiger partial charge in [-0.3, -0.25) is 14.9 Å². The Hall–Kier alpha value is -2.41. The van der Waals surface area contributed by atoms with Gasteiger partial charge >= 0.3 is 0 Å². The zero-order valence-electron chi connectivity index (χ0n) is 10.7. The fraction of sp³-hybridized carbons (Fsp3) is 0.0714. The molecule has 1 unspecified atom stereocenters. The van der Waals surface area contributed by atoms with Crippen LogP contribution in [-0.2, 0) is 4.79 Å². The minimum atomic E-state index is -0.644. The van der Waals surface area contributed by atoms with Crippen molar-refractivity contribution < 1.29 is 9.72 Å². The van der Waals surface area contributed by atoms with Crippen LogP contribution in [-0.4, -0.2) is 10.8 Å². The first-order chi connectivity index (χ1) is 10.1. The van der Waals surface area contributed by atoms with Crippen LogP contribution >= 0.6 is 15.9 Å². The molecule has 1 aliphatic rings. The molecule has 2 aromatic carbocycles. The monoisotopic (exact) mass is 347 g/mol. The molecule has 0 spiro atoms. The molecule has 106 valence electrons. The number of para-hydroxylation sites is 2. The molecule has 1 aliphatic heterocycles. The topological polar surface area (TPSA) is 84.3 Å². The smallest absolute Gasteiger partial charge is 0.292 e. The largest absolute Gasteiger partial charge is 0.364 e. The number of fused-ring (bicyclic) bond motifs is 1. The first kappa shape index (κ1) is 13.6. The number of nitrogens with zero attached hydrogens (tertiary/aromatic N) is 1. The number of nitro groups is 1. The number of nitro benzene ring substituents is 1. The fourth-order valence-electron chi connectivity index (χ4n) is 2.29. The number of carbonyl (C=O) groups excluding carboxylic acids is 1. The minimum absolute atomic E-state index is 0.0594. The van der Waals surface area contributed by atoms with Crippen molar-refractivity contribution >= 4 is 38.9 Å².